The molecule has 3 aromatic rings. The summed E-state index contributed by atoms with van der Waals surface area (Å²) in [5, 5.41) is 5.79. The SMILES string of the molecule is O=C(Nc1ccc(-c2nccs2)cc1)C1CCN(c2ccc(C(F)(F)F)cn2)CC1. The van der Waals surface area contributed by atoms with Crippen LogP contribution in [0.3, 0.4) is 0 Å². The molecule has 1 fully saturated rings. The fourth-order valence-corrected chi connectivity index (χ4v) is 4.06. The number of amides is 1. The molecule has 1 aliphatic rings. The third kappa shape index (κ3) is 4.62. The Morgan fingerprint density at radius 2 is 1.80 bits per heavy atom. The smallest absolute Gasteiger partial charge is 0.357 e. The second kappa shape index (κ2) is 8.43. The van der Waals surface area contributed by atoms with Crippen LogP contribution in [0.4, 0.5) is 24.7 Å². The summed E-state index contributed by atoms with van der Waals surface area (Å²) in [5.74, 6) is 0.311. The molecule has 0 bridgehead atoms. The lowest BCUT2D eigenvalue weighted by Gasteiger charge is -2.32. The normalized spacial score (nSPS) is 15.2. The van der Waals surface area contributed by atoms with Gasteiger partial charge in [0.1, 0.15) is 10.8 Å². The molecule has 0 spiro atoms. The Morgan fingerprint density at radius 3 is 2.37 bits per heavy atom. The van der Waals surface area contributed by atoms with Gasteiger partial charge in [0, 0.05) is 48.0 Å². The van der Waals surface area contributed by atoms with E-state index in [0.717, 1.165) is 28.5 Å². The quantitative estimate of drug-likeness (QED) is 0.625. The number of carbonyl (C=O) groups excluding carboxylic acids is 1. The molecule has 1 N–H and O–H groups in total. The molecule has 3 heterocycles. The van der Waals surface area contributed by atoms with Gasteiger partial charge in [-0.3, -0.25) is 4.79 Å². The predicted octanol–water partition coefficient (Wildman–Crippen LogP) is 5.08. The first-order valence-electron chi connectivity index (χ1n) is 9.49. The number of nitrogens with one attached hydrogen (secondary N) is 1. The summed E-state index contributed by atoms with van der Waals surface area (Å²) in [4.78, 5) is 22.7. The highest BCUT2D eigenvalue weighted by molar-refractivity contribution is 7.13. The van der Waals surface area contributed by atoms with Gasteiger partial charge in [-0.15, -0.1) is 11.3 Å². The van der Waals surface area contributed by atoms with Gasteiger partial charge in [0.05, 0.1) is 5.56 Å². The van der Waals surface area contributed by atoms with Crippen LogP contribution in [-0.2, 0) is 11.0 Å². The minimum atomic E-state index is -4.39. The second-order valence-electron chi connectivity index (χ2n) is 7.07. The molecule has 4 rings (SSSR count). The lowest BCUT2D eigenvalue weighted by molar-refractivity contribution is -0.137. The Bertz CT molecular complexity index is 981. The molecular weight excluding hydrogens is 413 g/mol. The number of anilines is 2. The lowest BCUT2D eigenvalue weighted by atomic mass is 9.95. The Balaban J connectivity index is 1.31. The van der Waals surface area contributed by atoms with E-state index >= 15 is 0 Å². The zero-order chi connectivity index (χ0) is 21.1. The number of benzene rings is 1. The maximum atomic E-state index is 12.7. The zero-order valence-electron chi connectivity index (χ0n) is 15.9. The maximum absolute atomic E-state index is 12.7. The van der Waals surface area contributed by atoms with E-state index < -0.39 is 11.7 Å². The Kier molecular flexibility index (Phi) is 5.72. The minimum absolute atomic E-state index is 0.0444. The minimum Gasteiger partial charge on any atom is -0.357 e. The van der Waals surface area contributed by atoms with Crippen LogP contribution >= 0.6 is 11.3 Å². The van der Waals surface area contributed by atoms with E-state index in [1.165, 1.54) is 6.07 Å². The monoisotopic (exact) mass is 432 g/mol. The third-order valence-electron chi connectivity index (χ3n) is 5.10. The van der Waals surface area contributed by atoms with E-state index in [0.29, 0.717) is 31.7 Å². The van der Waals surface area contributed by atoms with Crippen molar-refractivity contribution in [2.75, 3.05) is 23.3 Å². The number of piperidine rings is 1. The van der Waals surface area contributed by atoms with Crippen molar-refractivity contribution >= 4 is 28.7 Å². The van der Waals surface area contributed by atoms with Gasteiger partial charge in [-0.05, 0) is 49.2 Å². The molecule has 2 aromatic heterocycles. The molecule has 0 aliphatic carbocycles. The zero-order valence-corrected chi connectivity index (χ0v) is 16.7. The lowest BCUT2D eigenvalue weighted by Crippen LogP contribution is -2.38. The van der Waals surface area contributed by atoms with E-state index in [1.54, 1.807) is 17.5 Å². The van der Waals surface area contributed by atoms with Crippen molar-refractivity contribution in [2.24, 2.45) is 5.92 Å². The van der Waals surface area contributed by atoms with Crippen LogP contribution < -0.4 is 10.2 Å². The highest BCUT2D eigenvalue weighted by Gasteiger charge is 2.31. The number of thiazole rings is 1. The van der Waals surface area contributed by atoms with Gasteiger partial charge in [0.2, 0.25) is 5.91 Å². The first-order valence-corrected chi connectivity index (χ1v) is 10.4. The molecule has 1 aromatic carbocycles. The molecule has 1 saturated heterocycles. The predicted molar refractivity (Wildman–Crippen MR) is 110 cm³/mol. The molecule has 0 unspecified atom stereocenters. The first-order chi connectivity index (χ1) is 14.4. The van der Waals surface area contributed by atoms with Crippen molar-refractivity contribution in [3.8, 4) is 10.6 Å². The Labute approximate surface area is 175 Å². The van der Waals surface area contributed by atoms with Gasteiger partial charge in [0.15, 0.2) is 0 Å². The highest BCUT2D eigenvalue weighted by Crippen LogP contribution is 2.30. The molecule has 30 heavy (non-hydrogen) atoms. The van der Waals surface area contributed by atoms with Gasteiger partial charge in [-0.2, -0.15) is 13.2 Å². The molecule has 1 aliphatic heterocycles. The summed E-state index contributed by atoms with van der Waals surface area (Å²) in [6.07, 6.45) is -0.557. The van der Waals surface area contributed by atoms with Crippen LogP contribution in [0.15, 0.2) is 54.2 Å². The van der Waals surface area contributed by atoms with Crippen LogP contribution in [0.5, 0.6) is 0 Å². The van der Waals surface area contributed by atoms with Gasteiger partial charge in [0.25, 0.3) is 0 Å². The summed E-state index contributed by atoms with van der Waals surface area (Å²) in [6, 6.07) is 9.98. The molecule has 5 nitrogen and oxygen atoms in total. The van der Waals surface area contributed by atoms with E-state index in [1.807, 2.05) is 34.5 Å². The summed E-state index contributed by atoms with van der Waals surface area (Å²) < 4.78 is 38.0. The standard InChI is InChI=1S/C21H19F3N4OS/c22-21(23,24)16-3-6-18(26-13-16)28-10-7-14(8-11-28)19(29)27-17-4-1-15(2-5-17)20-25-9-12-30-20/h1-6,9,12-14H,7-8,10-11H2,(H,27,29). The van der Waals surface area contributed by atoms with Crippen LogP contribution in [0.25, 0.3) is 10.6 Å². The number of alkyl halides is 3. The summed E-state index contributed by atoms with van der Waals surface area (Å²) in [5.41, 5.74) is 0.967. The van der Waals surface area contributed by atoms with Gasteiger partial charge in [-0.25, -0.2) is 9.97 Å². The molecule has 0 saturated carbocycles. The molecule has 1 amide bonds. The van der Waals surface area contributed by atoms with E-state index in [4.69, 9.17) is 0 Å². The van der Waals surface area contributed by atoms with Crippen molar-refractivity contribution in [1.29, 1.82) is 0 Å². The largest absolute Gasteiger partial charge is 0.417 e. The van der Waals surface area contributed by atoms with Crippen molar-refractivity contribution < 1.29 is 18.0 Å². The number of rotatable bonds is 4. The fourth-order valence-electron chi connectivity index (χ4n) is 3.42. The summed E-state index contributed by atoms with van der Waals surface area (Å²) >= 11 is 1.55. The molecule has 156 valence electrons. The average molecular weight is 432 g/mol. The molecule has 0 radical (unpaired) electrons. The van der Waals surface area contributed by atoms with Gasteiger partial charge in [-0.1, -0.05) is 0 Å². The number of aromatic nitrogens is 2. The maximum Gasteiger partial charge on any atom is 0.417 e. The molecule has 9 heteroatoms. The van der Waals surface area contributed by atoms with Crippen LogP contribution in [0, 0.1) is 5.92 Å². The highest BCUT2D eigenvalue weighted by atomic mass is 32.1. The number of nitrogens with zero attached hydrogens (tertiary/aromatic N) is 3. The number of pyridine rings is 1. The van der Waals surface area contributed by atoms with Crippen LogP contribution in [0.1, 0.15) is 18.4 Å². The van der Waals surface area contributed by atoms with Crippen molar-refractivity contribution in [3.05, 3.63) is 59.7 Å². The van der Waals surface area contributed by atoms with Crippen LogP contribution in [0.2, 0.25) is 0 Å². The molecule has 0 atom stereocenters. The third-order valence-corrected chi connectivity index (χ3v) is 5.92. The number of hydrogen-bond acceptors (Lipinski definition) is 5. The second-order valence-corrected chi connectivity index (χ2v) is 7.96. The Morgan fingerprint density at radius 1 is 1.07 bits per heavy atom. The van der Waals surface area contributed by atoms with Crippen molar-refractivity contribution in [2.45, 2.75) is 19.0 Å². The van der Waals surface area contributed by atoms with E-state index in [2.05, 4.69) is 15.3 Å². The first kappa shape index (κ1) is 20.3. The van der Waals surface area contributed by atoms with Gasteiger partial charge < -0.3 is 10.2 Å². The van der Waals surface area contributed by atoms with E-state index in [-0.39, 0.29) is 11.8 Å². The summed E-state index contributed by atoms with van der Waals surface area (Å²) in [6.45, 7) is 1.14. The fraction of sp³-hybridized carbons (Fsp3) is 0.286. The van der Waals surface area contributed by atoms with Crippen molar-refractivity contribution in [1.82, 2.24) is 9.97 Å². The van der Waals surface area contributed by atoms with Crippen molar-refractivity contribution in [3.63, 3.8) is 0 Å². The number of hydrogen-bond donors (Lipinski definition) is 1. The van der Waals surface area contributed by atoms with E-state index in [9.17, 15) is 18.0 Å². The summed E-state index contributed by atoms with van der Waals surface area (Å²) in [7, 11) is 0. The van der Waals surface area contributed by atoms with Gasteiger partial charge >= 0.3 is 6.18 Å². The number of carbonyl (C=O) groups is 1. The number of halogens is 3. The Hall–Kier alpha value is -2.94. The topological polar surface area (TPSA) is 58.1 Å². The average Bonchev–Trinajstić information content (AvgIpc) is 3.29. The molecular formula is C21H19F3N4OS. The van der Waals surface area contributed by atoms with Crippen LogP contribution in [-0.4, -0.2) is 29.0 Å².